The third-order valence-corrected chi connectivity index (χ3v) is 3.14. The number of hydrogen-bond donors (Lipinski definition) is 1. The zero-order chi connectivity index (χ0) is 13.2. The average Bonchev–Trinajstić information content (AvgIpc) is 3.07. The van der Waals surface area contributed by atoms with Crippen LogP contribution in [0.5, 0.6) is 5.75 Å². The number of ether oxygens (including phenoxy) is 1. The molecule has 7 heteroatoms. The van der Waals surface area contributed by atoms with Gasteiger partial charge in [0.15, 0.2) is 0 Å². The van der Waals surface area contributed by atoms with Crippen LogP contribution in [-0.2, 0) is 0 Å². The molecule has 1 aromatic carbocycles. The van der Waals surface area contributed by atoms with E-state index in [1.54, 1.807) is 7.11 Å². The first-order chi connectivity index (χ1) is 9.26. The highest BCUT2D eigenvalue weighted by molar-refractivity contribution is 5.85. The van der Waals surface area contributed by atoms with Crippen LogP contribution in [0.15, 0.2) is 28.8 Å². The van der Waals surface area contributed by atoms with Gasteiger partial charge in [0.25, 0.3) is 0 Å². The summed E-state index contributed by atoms with van der Waals surface area (Å²) in [5, 5.41) is 6.94. The first kappa shape index (κ1) is 14.7. The lowest BCUT2D eigenvalue weighted by molar-refractivity contribution is 0.324. The molecule has 0 amide bonds. The number of halogens is 2. The highest BCUT2D eigenvalue weighted by atomic mass is 35.5. The lowest BCUT2D eigenvalue weighted by Crippen LogP contribution is -2.14. The molecule has 1 aliphatic rings. The minimum absolute atomic E-state index is 0. The molecular formula is C13H15ClFN3O2. The minimum atomic E-state index is -0.850. The van der Waals surface area contributed by atoms with Crippen molar-refractivity contribution >= 4 is 12.4 Å². The highest BCUT2D eigenvalue weighted by Crippen LogP contribution is 2.27. The van der Waals surface area contributed by atoms with Gasteiger partial charge in [-0.1, -0.05) is 17.3 Å². The highest BCUT2D eigenvalue weighted by Gasteiger charge is 2.29. The number of rotatable bonds is 3. The number of hydrogen-bond acceptors (Lipinski definition) is 5. The summed E-state index contributed by atoms with van der Waals surface area (Å²) in [6, 6.07) is 7.21. The third-order valence-electron chi connectivity index (χ3n) is 3.14. The summed E-state index contributed by atoms with van der Waals surface area (Å²) in [5.74, 6) is 1.64. The van der Waals surface area contributed by atoms with Gasteiger partial charge < -0.3 is 14.6 Å². The quantitative estimate of drug-likeness (QED) is 0.944. The summed E-state index contributed by atoms with van der Waals surface area (Å²) in [5.41, 5.74) is 0.809. The van der Waals surface area contributed by atoms with E-state index in [4.69, 9.17) is 9.26 Å². The van der Waals surface area contributed by atoms with E-state index in [0.29, 0.717) is 24.7 Å². The molecule has 0 saturated carbocycles. The van der Waals surface area contributed by atoms with Crippen LogP contribution in [0, 0.1) is 0 Å². The molecule has 0 unspecified atom stereocenters. The van der Waals surface area contributed by atoms with Crippen molar-refractivity contribution in [2.24, 2.45) is 0 Å². The summed E-state index contributed by atoms with van der Waals surface area (Å²) in [6.07, 6.45) is -0.475. The van der Waals surface area contributed by atoms with E-state index in [-0.39, 0.29) is 18.4 Å². The van der Waals surface area contributed by atoms with Gasteiger partial charge in [-0.05, 0) is 12.1 Å². The lowest BCUT2D eigenvalue weighted by Gasteiger charge is -2.01. The number of nitrogens with one attached hydrogen (secondary N) is 1. The van der Waals surface area contributed by atoms with Gasteiger partial charge in [0.1, 0.15) is 11.9 Å². The molecule has 0 radical (unpaired) electrons. The molecule has 20 heavy (non-hydrogen) atoms. The van der Waals surface area contributed by atoms with Gasteiger partial charge in [-0.3, -0.25) is 0 Å². The Morgan fingerprint density at radius 3 is 3.00 bits per heavy atom. The molecule has 1 saturated heterocycles. The Morgan fingerprint density at radius 2 is 2.30 bits per heavy atom. The van der Waals surface area contributed by atoms with Gasteiger partial charge in [-0.25, -0.2) is 4.39 Å². The molecule has 0 bridgehead atoms. The largest absolute Gasteiger partial charge is 0.497 e. The normalized spacial score (nSPS) is 21.5. The summed E-state index contributed by atoms with van der Waals surface area (Å²) < 4.78 is 23.5. The van der Waals surface area contributed by atoms with Crippen LogP contribution in [0.1, 0.15) is 18.4 Å². The van der Waals surface area contributed by atoms with E-state index in [1.807, 2.05) is 24.3 Å². The Labute approximate surface area is 121 Å². The Kier molecular flexibility index (Phi) is 4.57. The predicted molar refractivity (Wildman–Crippen MR) is 73.8 cm³/mol. The molecule has 3 rings (SSSR count). The molecule has 5 nitrogen and oxygen atoms in total. The first-order valence-corrected chi connectivity index (χ1v) is 6.12. The summed E-state index contributed by atoms with van der Waals surface area (Å²) in [7, 11) is 1.60. The second-order valence-electron chi connectivity index (χ2n) is 4.48. The monoisotopic (exact) mass is 299 g/mol. The van der Waals surface area contributed by atoms with Gasteiger partial charge >= 0.3 is 0 Å². The lowest BCUT2D eigenvalue weighted by atomic mass is 10.2. The Morgan fingerprint density at radius 1 is 1.45 bits per heavy atom. The fourth-order valence-corrected chi connectivity index (χ4v) is 2.14. The van der Waals surface area contributed by atoms with Gasteiger partial charge in [0.05, 0.1) is 13.2 Å². The summed E-state index contributed by atoms with van der Waals surface area (Å²) >= 11 is 0. The van der Waals surface area contributed by atoms with Crippen LogP contribution in [-0.4, -0.2) is 30.0 Å². The molecule has 1 N–H and O–H groups in total. The van der Waals surface area contributed by atoms with Crippen molar-refractivity contribution < 1.29 is 13.7 Å². The maximum Gasteiger partial charge on any atom is 0.244 e. The zero-order valence-corrected chi connectivity index (χ0v) is 11.7. The van der Waals surface area contributed by atoms with E-state index >= 15 is 0 Å². The number of aromatic nitrogens is 2. The molecule has 1 fully saturated rings. The van der Waals surface area contributed by atoms with Crippen LogP contribution >= 0.6 is 12.4 Å². The molecule has 0 aliphatic carbocycles. The Hall–Kier alpha value is -1.66. The summed E-state index contributed by atoms with van der Waals surface area (Å²) in [4.78, 5) is 4.31. The molecule has 0 spiro atoms. The smallest absolute Gasteiger partial charge is 0.244 e. The molecule has 1 aliphatic heterocycles. The minimum Gasteiger partial charge on any atom is -0.497 e. The van der Waals surface area contributed by atoms with E-state index < -0.39 is 6.17 Å². The maximum absolute atomic E-state index is 13.1. The fraction of sp³-hybridized carbons (Fsp3) is 0.385. The van der Waals surface area contributed by atoms with Gasteiger partial charge in [0.2, 0.25) is 11.7 Å². The van der Waals surface area contributed by atoms with Crippen molar-refractivity contribution in [1.82, 2.24) is 15.5 Å². The molecule has 2 atom stereocenters. The number of benzene rings is 1. The Bertz CT molecular complexity index is 578. The number of nitrogens with zero attached hydrogens (tertiary/aromatic N) is 2. The van der Waals surface area contributed by atoms with E-state index in [1.165, 1.54) is 0 Å². The van der Waals surface area contributed by atoms with Crippen LogP contribution in [0.3, 0.4) is 0 Å². The Balaban J connectivity index is 0.00000147. The molecule has 2 aromatic rings. The van der Waals surface area contributed by atoms with Crippen LogP contribution in [0.4, 0.5) is 4.39 Å². The van der Waals surface area contributed by atoms with Crippen molar-refractivity contribution in [2.75, 3.05) is 13.7 Å². The second kappa shape index (κ2) is 6.19. The van der Waals surface area contributed by atoms with E-state index in [9.17, 15) is 4.39 Å². The number of methoxy groups -OCH3 is 1. The van der Waals surface area contributed by atoms with Gasteiger partial charge in [0, 0.05) is 18.5 Å². The van der Waals surface area contributed by atoms with Crippen molar-refractivity contribution in [1.29, 1.82) is 0 Å². The summed E-state index contributed by atoms with van der Waals surface area (Å²) in [6.45, 7) is 0.335. The molecule has 1 aromatic heterocycles. The van der Waals surface area contributed by atoms with Gasteiger partial charge in [-0.15, -0.1) is 12.4 Å². The topological polar surface area (TPSA) is 60.2 Å². The van der Waals surface area contributed by atoms with Gasteiger partial charge in [-0.2, -0.15) is 4.98 Å². The zero-order valence-electron chi connectivity index (χ0n) is 10.9. The average molecular weight is 300 g/mol. The van der Waals surface area contributed by atoms with Crippen LogP contribution in [0.2, 0.25) is 0 Å². The number of alkyl halides is 1. The molecule has 108 valence electrons. The van der Waals surface area contributed by atoms with Crippen molar-refractivity contribution in [2.45, 2.75) is 18.6 Å². The van der Waals surface area contributed by atoms with Crippen LogP contribution < -0.4 is 10.1 Å². The van der Waals surface area contributed by atoms with Crippen LogP contribution in [0.25, 0.3) is 11.4 Å². The molecular weight excluding hydrogens is 285 g/mol. The van der Waals surface area contributed by atoms with Crippen molar-refractivity contribution in [3.05, 3.63) is 30.2 Å². The van der Waals surface area contributed by atoms with Crippen molar-refractivity contribution in [3.63, 3.8) is 0 Å². The van der Waals surface area contributed by atoms with Crippen molar-refractivity contribution in [3.8, 4) is 17.1 Å². The third kappa shape index (κ3) is 2.91. The standard InChI is InChI=1S/C13H14FN3O2.ClH/c1-18-10-4-2-3-8(5-10)12-16-13(19-17-12)11-6-9(14)7-15-11;/h2-5,9,11,15H,6-7H2,1H3;1H/t9-,11+;/m0./s1. The SMILES string of the molecule is COc1cccc(-c2noc([C@H]3C[C@H](F)CN3)n2)c1.Cl. The maximum atomic E-state index is 13.1. The fourth-order valence-electron chi connectivity index (χ4n) is 2.14. The molecule has 2 heterocycles. The first-order valence-electron chi connectivity index (χ1n) is 6.12. The predicted octanol–water partition coefficient (Wildman–Crippen LogP) is 2.54. The van der Waals surface area contributed by atoms with E-state index in [0.717, 1.165) is 11.3 Å². The van der Waals surface area contributed by atoms with E-state index in [2.05, 4.69) is 15.5 Å². The second-order valence-corrected chi connectivity index (χ2v) is 4.48.